The maximum atomic E-state index is 12.2. The Morgan fingerprint density at radius 3 is 2.29 bits per heavy atom. The van der Waals surface area contributed by atoms with Gasteiger partial charge in [0.25, 0.3) is 5.91 Å². The quantitative estimate of drug-likeness (QED) is 0.820. The van der Waals surface area contributed by atoms with Crippen LogP contribution in [0, 0.1) is 0 Å². The van der Waals surface area contributed by atoms with Gasteiger partial charge < -0.3 is 10.4 Å². The highest BCUT2D eigenvalue weighted by Gasteiger charge is 2.18. The van der Waals surface area contributed by atoms with Crippen molar-refractivity contribution in [2.75, 3.05) is 5.32 Å². The number of rotatable bonds is 4. The molecular weight excluding hydrogens is 262 g/mol. The number of para-hydroxylation sites is 2. The fourth-order valence-corrected chi connectivity index (χ4v) is 2.05. The molecule has 0 aliphatic rings. The molecule has 1 amide bonds. The summed E-state index contributed by atoms with van der Waals surface area (Å²) in [5.41, 5.74) is 2.31. The van der Waals surface area contributed by atoms with E-state index in [-0.39, 0.29) is 17.1 Å². The van der Waals surface area contributed by atoms with E-state index in [0.717, 1.165) is 6.42 Å². The first-order valence-electron chi connectivity index (χ1n) is 7.14. The molecular formula is C18H21NO2. The second-order valence-corrected chi connectivity index (χ2v) is 5.79. The molecule has 0 bridgehead atoms. The third-order valence-corrected chi connectivity index (χ3v) is 3.96. The third-order valence-electron chi connectivity index (χ3n) is 3.96. The summed E-state index contributed by atoms with van der Waals surface area (Å²) in [6.07, 6.45) is 1.04. The van der Waals surface area contributed by atoms with E-state index in [9.17, 15) is 9.90 Å². The smallest absolute Gasteiger partial charge is 0.255 e. The number of nitrogens with one attached hydrogen (secondary N) is 1. The lowest BCUT2D eigenvalue weighted by molar-refractivity contribution is 0.102. The molecule has 2 aromatic rings. The average Bonchev–Trinajstić information content (AvgIpc) is 2.49. The Morgan fingerprint density at radius 2 is 1.71 bits per heavy atom. The summed E-state index contributed by atoms with van der Waals surface area (Å²) in [5, 5.41) is 12.4. The van der Waals surface area contributed by atoms with Crippen LogP contribution in [-0.2, 0) is 5.41 Å². The van der Waals surface area contributed by atoms with Gasteiger partial charge in [0.2, 0.25) is 0 Å². The lowest BCUT2D eigenvalue weighted by atomic mass is 9.82. The predicted molar refractivity (Wildman–Crippen MR) is 85.8 cm³/mol. The van der Waals surface area contributed by atoms with Crippen LogP contribution in [0.5, 0.6) is 5.75 Å². The van der Waals surface area contributed by atoms with E-state index in [2.05, 4.69) is 26.1 Å². The fraction of sp³-hybridized carbons (Fsp3) is 0.278. The predicted octanol–water partition coefficient (Wildman–Crippen LogP) is 4.33. The van der Waals surface area contributed by atoms with E-state index < -0.39 is 0 Å². The molecule has 0 aromatic heterocycles. The van der Waals surface area contributed by atoms with Crippen LogP contribution >= 0.6 is 0 Å². The molecule has 0 heterocycles. The van der Waals surface area contributed by atoms with Crippen LogP contribution in [0.3, 0.4) is 0 Å². The van der Waals surface area contributed by atoms with E-state index in [1.54, 1.807) is 24.3 Å². The number of aromatic hydroxyl groups is 1. The van der Waals surface area contributed by atoms with Crippen molar-refractivity contribution >= 4 is 11.6 Å². The molecule has 110 valence electrons. The van der Waals surface area contributed by atoms with Crippen molar-refractivity contribution in [3.8, 4) is 5.75 Å². The number of anilines is 1. The van der Waals surface area contributed by atoms with Gasteiger partial charge in [0, 0.05) is 5.56 Å². The van der Waals surface area contributed by atoms with Gasteiger partial charge in [-0.25, -0.2) is 0 Å². The Kier molecular flexibility index (Phi) is 4.32. The van der Waals surface area contributed by atoms with Gasteiger partial charge in [-0.1, -0.05) is 45.0 Å². The van der Waals surface area contributed by atoms with Crippen LogP contribution in [0.25, 0.3) is 0 Å². The maximum Gasteiger partial charge on any atom is 0.255 e. The van der Waals surface area contributed by atoms with Crippen LogP contribution < -0.4 is 5.32 Å². The molecule has 0 saturated carbocycles. The minimum Gasteiger partial charge on any atom is -0.506 e. The monoisotopic (exact) mass is 283 g/mol. The number of benzene rings is 2. The second kappa shape index (κ2) is 6.00. The Morgan fingerprint density at radius 1 is 1.10 bits per heavy atom. The molecule has 21 heavy (non-hydrogen) atoms. The van der Waals surface area contributed by atoms with Gasteiger partial charge in [0.15, 0.2) is 0 Å². The Bertz CT molecular complexity index is 630. The van der Waals surface area contributed by atoms with Gasteiger partial charge in [-0.3, -0.25) is 4.79 Å². The van der Waals surface area contributed by atoms with Crippen molar-refractivity contribution in [2.45, 2.75) is 32.6 Å². The third kappa shape index (κ3) is 3.43. The minimum atomic E-state index is -0.225. The molecule has 2 rings (SSSR count). The number of phenols is 1. The van der Waals surface area contributed by atoms with Gasteiger partial charge in [-0.05, 0) is 41.7 Å². The SMILES string of the molecule is CCC(C)(C)c1ccc(C(=O)Nc2ccccc2O)cc1. The lowest BCUT2D eigenvalue weighted by Crippen LogP contribution is -2.16. The molecule has 0 radical (unpaired) electrons. The molecule has 2 N–H and O–H groups in total. The van der Waals surface area contributed by atoms with Crippen molar-refractivity contribution in [1.29, 1.82) is 0 Å². The van der Waals surface area contributed by atoms with E-state index in [1.165, 1.54) is 5.56 Å². The van der Waals surface area contributed by atoms with Crippen LogP contribution in [0.2, 0.25) is 0 Å². The Balaban J connectivity index is 2.16. The summed E-state index contributed by atoms with van der Waals surface area (Å²) in [7, 11) is 0. The van der Waals surface area contributed by atoms with Gasteiger partial charge in [-0.15, -0.1) is 0 Å². The van der Waals surface area contributed by atoms with Crippen LogP contribution in [0.4, 0.5) is 5.69 Å². The van der Waals surface area contributed by atoms with Gasteiger partial charge in [0.1, 0.15) is 5.75 Å². The summed E-state index contributed by atoms with van der Waals surface area (Å²) in [6, 6.07) is 14.3. The zero-order chi connectivity index (χ0) is 15.5. The highest BCUT2D eigenvalue weighted by Crippen LogP contribution is 2.27. The number of amides is 1. The first-order valence-corrected chi connectivity index (χ1v) is 7.14. The normalized spacial score (nSPS) is 11.2. The summed E-state index contributed by atoms with van der Waals surface area (Å²) < 4.78 is 0. The molecule has 0 atom stereocenters. The summed E-state index contributed by atoms with van der Waals surface area (Å²) >= 11 is 0. The highest BCUT2D eigenvalue weighted by molar-refractivity contribution is 6.05. The molecule has 0 saturated heterocycles. The summed E-state index contributed by atoms with van der Waals surface area (Å²) in [6.45, 7) is 6.52. The fourth-order valence-electron chi connectivity index (χ4n) is 2.05. The number of phenolic OH excluding ortho intramolecular Hbond substituents is 1. The lowest BCUT2D eigenvalue weighted by Gasteiger charge is -2.23. The van der Waals surface area contributed by atoms with Crippen LogP contribution in [0.1, 0.15) is 43.1 Å². The summed E-state index contributed by atoms with van der Waals surface area (Å²) in [4.78, 5) is 12.2. The largest absolute Gasteiger partial charge is 0.506 e. The molecule has 0 unspecified atom stereocenters. The van der Waals surface area contributed by atoms with E-state index in [1.807, 2.05) is 24.3 Å². The molecule has 0 spiro atoms. The Hall–Kier alpha value is -2.29. The van der Waals surface area contributed by atoms with Crippen molar-refractivity contribution in [2.24, 2.45) is 0 Å². The van der Waals surface area contributed by atoms with E-state index in [4.69, 9.17) is 0 Å². The van der Waals surface area contributed by atoms with Crippen molar-refractivity contribution in [3.05, 3.63) is 59.7 Å². The molecule has 3 heteroatoms. The first-order chi connectivity index (χ1) is 9.94. The molecule has 0 fully saturated rings. The summed E-state index contributed by atoms with van der Waals surface area (Å²) in [5.74, 6) is -0.160. The van der Waals surface area contributed by atoms with Gasteiger partial charge >= 0.3 is 0 Å². The topological polar surface area (TPSA) is 49.3 Å². The molecule has 0 aliphatic heterocycles. The van der Waals surface area contributed by atoms with Gasteiger partial charge in [-0.2, -0.15) is 0 Å². The molecule has 0 aliphatic carbocycles. The average molecular weight is 283 g/mol. The number of hydrogen-bond acceptors (Lipinski definition) is 2. The van der Waals surface area contributed by atoms with Crippen molar-refractivity contribution in [3.63, 3.8) is 0 Å². The standard InChI is InChI=1S/C18H21NO2/c1-4-18(2,3)14-11-9-13(10-12-14)17(21)19-15-7-5-6-8-16(15)20/h5-12,20H,4H2,1-3H3,(H,19,21). The van der Waals surface area contributed by atoms with Crippen LogP contribution in [-0.4, -0.2) is 11.0 Å². The number of hydrogen-bond donors (Lipinski definition) is 2. The zero-order valence-electron chi connectivity index (χ0n) is 12.7. The van der Waals surface area contributed by atoms with Gasteiger partial charge in [0.05, 0.1) is 5.69 Å². The number of carbonyl (C=O) groups excluding carboxylic acids is 1. The Labute approximate surface area is 125 Å². The first kappa shape index (κ1) is 15.1. The maximum absolute atomic E-state index is 12.2. The highest BCUT2D eigenvalue weighted by atomic mass is 16.3. The van der Waals surface area contributed by atoms with Crippen molar-refractivity contribution < 1.29 is 9.90 Å². The van der Waals surface area contributed by atoms with E-state index >= 15 is 0 Å². The van der Waals surface area contributed by atoms with Crippen molar-refractivity contribution in [1.82, 2.24) is 0 Å². The zero-order valence-corrected chi connectivity index (χ0v) is 12.7. The van der Waals surface area contributed by atoms with Crippen LogP contribution in [0.15, 0.2) is 48.5 Å². The molecule has 3 nitrogen and oxygen atoms in total. The number of carbonyl (C=O) groups is 1. The molecule has 2 aromatic carbocycles. The second-order valence-electron chi connectivity index (χ2n) is 5.79. The minimum absolute atomic E-state index is 0.0644. The van der Waals surface area contributed by atoms with E-state index in [0.29, 0.717) is 11.3 Å².